The van der Waals surface area contributed by atoms with Gasteiger partial charge in [0.05, 0.1) is 0 Å². The highest BCUT2D eigenvalue weighted by Gasteiger charge is 2.28. The third-order valence-corrected chi connectivity index (χ3v) is 1.68. The zero-order valence-corrected chi connectivity index (χ0v) is 5.42. The monoisotopic (exact) mass is 129 g/mol. The largest absolute Gasteiger partial charge is 0.374 e. The molecule has 2 N–H and O–H groups in total. The van der Waals surface area contributed by atoms with Crippen LogP contribution in [0.25, 0.3) is 0 Å². The predicted molar refractivity (Wildman–Crippen MR) is 32.5 cm³/mol. The third kappa shape index (κ3) is 1.21. The van der Waals surface area contributed by atoms with Crippen LogP contribution in [0.4, 0.5) is 0 Å². The van der Waals surface area contributed by atoms with Crippen LogP contribution in [0.3, 0.4) is 0 Å². The zero-order valence-electron chi connectivity index (χ0n) is 5.42. The van der Waals surface area contributed by atoms with Gasteiger partial charge in [0.2, 0.25) is 5.91 Å². The second-order valence-corrected chi connectivity index (χ2v) is 2.37. The summed E-state index contributed by atoms with van der Waals surface area (Å²) in [4.78, 5) is 10.7. The Hall–Kier alpha value is -0.570. The van der Waals surface area contributed by atoms with Crippen molar-refractivity contribution >= 4 is 5.91 Å². The maximum absolute atomic E-state index is 10.7. The van der Waals surface area contributed by atoms with Gasteiger partial charge in [0.1, 0.15) is 6.23 Å². The maximum Gasteiger partial charge on any atom is 0.225 e. The number of rotatable bonds is 1. The Balaban J connectivity index is 2.48. The molecule has 1 fully saturated rings. The number of hydrogen-bond acceptors (Lipinski definition) is 2. The van der Waals surface area contributed by atoms with Crippen molar-refractivity contribution in [3.05, 3.63) is 0 Å². The Kier molecular flexibility index (Phi) is 1.71. The lowest BCUT2D eigenvalue weighted by atomic mass is 10.1. The standard InChI is InChI=1S/C6H11NO2/c1-2-4-3-5(8)7-6(4)9/h4-5,8H,2-3H2,1H3,(H,7,9). The minimum Gasteiger partial charge on any atom is -0.374 e. The van der Waals surface area contributed by atoms with E-state index in [9.17, 15) is 4.79 Å². The van der Waals surface area contributed by atoms with E-state index < -0.39 is 6.23 Å². The average Bonchev–Trinajstić information content (AvgIpc) is 2.10. The number of aliphatic hydroxyl groups excluding tert-OH is 1. The quantitative estimate of drug-likeness (QED) is 0.517. The van der Waals surface area contributed by atoms with Crippen molar-refractivity contribution in [2.75, 3.05) is 0 Å². The maximum atomic E-state index is 10.7. The molecule has 1 aliphatic rings. The molecule has 1 amide bonds. The first-order valence-corrected chi connectivity index (χ1v) is 3.22. The number of aliphatic hydroxyl groups is 1. The van der Waals surface area contributed by atoms with Crippen LogP contribution in [-0.4, -0.2) is 17.2 Å². The van der Waals surface area contributed by atoms with Gasteiger partial charge in [-0.2, -0.15) is 0 Å². The van der Waals surface area contributed by atoms with E-state index in [2.05, 4.69) is 5.32 Å². The van der Waals surface area contributed by atoms with Gasteiger partial charge in [0, 0.05) is 12.3 Å². The molecular weight excluding hydrogens is 118 g/mol. The average molecular weight is 129 g/mol. The first-order valence-electron chi connectivity index (χ1n) is 3.22. The summed E-state index contributed by atoms with van der Waals surface area (Å²) in [5, 5.41) is 11.3. The Morgan fingerprint density at radius 3 is 2.78 bits per heavy atom. The highest BCUT2D eigenvalue weighted by Crippen LogP contribution is 2.16. The van der Waals surface area contributed by atoms with E-state index >= 15 is 0 Å². The van der Waals surface area contributed by atoms with Crippen LogP contribution in [0.1, 0.15) is 19.8 Å². The van der Waals surface area contributed by atoms with E-state index in [0.29, 0.717) is 6.42 Å². The molecule has 0 aromatic heterocycles. The Labute approximate surface area is 54.1 Å². The molecule has 9 heavy (non-hydrogen) atoms. The lowest BCUT2D eigenvalue weighted by Crippen LogP contribution is -2.25. The van der Waals surface area contributed by atoms with Gasteiger partial charge in [-0.3, -0.25) is 4.79 Å². The molecule has 3 nitrogen and oxygen atoms in total. The summed E-state index contributed by atoms with van der Waals surface area (Å²) in [5.74, 6) is 0.0324. The molecule has 52 valence electrons. The molecule has 1 saturated heterocycles. The van der Waals surface area contributed by atoms with Gasteiger partial charge >= 0.3 is 0 Å². The van der Waals surface area contributed by atoms with Crippen molar-refractivity contribution in [1.29, 1.82) is 0 Å². The highest BCUT2D eigenvalue weighted by atomic mass is 16.3. The van der Waals surface area contributed by atoms with Gasteiger partial charge in [-0.25, -0.2) is 0 Å². The molecule has 0 bridgehead atoms. The van der Waals surface area contributed by atoms with Gasteiger partial charge < -0.3 is 10.4 Å². The van der Waals surface area contributed by atoms with Gasteiger partial charge in [-0.1, -0.05) is 6.92 Å². The fourth-order valence-corrected chi connectivity index (χ4v) is 1.07. The van der Waals surface area contributed by atoms with Gasteiger partial charge in [0.15, 0.2) is 0 Å². The molecule has 2 atom stereocenters. The fraction of sp³-hybridized carbons (Fsp3) is 0.833. The lowest BCUT2D eigenvalue weighted by Gasteiger charge is -1.97. The minimum absolute atomic E-state index is 0.00926. The number of amides is 1. The molecular formula is C6H11NO2. The van der Waals surface area contributed by atoms with Crippen LogP contribution >= 0.6 is 0 Å². The Bertz CT molecular complexity index is 124. The van der Waals surface area contributed by atoms with Crippen LogP contribution < -0.4 is 5.32 Å². The van der Waals surface area contributed by atoms with Crippen LogP contribution in [0.2, 0.25) is 0 Å². The van der Waals surface area contributed by atoms with Crippen molar-refractivity contribution in [3.8, 4) is 0 Å². The second kappa shape index (κ2) is 2.35. The molecule has 0 radical (unpaired) electrons. The molecule has 2 unspecified atom stereocenters. The molecule has 0 saturated carbocycles. The van der Waals surface area contributed by atoms with Crippen molar-refractivity contribution in [2.24, 2.45) is 5.92 Å². The van der Waals surface area contributed by atoms with E-state index in [0.717, 1.165) is 6.42 Å². The third-order valence-electron chi connectivity index (χ3n) is 1.68. The Morgan fingerprint density at radius 2 is 2.56 bits per heavy atom. The van der Waals surface area contributed by atoms with Gasteiger partial charge in [-0.15, -0.1) is 0 Å². The smallest absolute Gasteiger partial charge is 0.225 e. The number of carbonyl (C=O) groups excluding carboxylic acids is 1. The van der Waals surface area contributed by atoms with E-state index in [1.54, 1.807) is 0 Å². The predicted octanol–water partition coefficient (Wildman–Crippen LogP) is -0.149. The fourth-order valence-electron chi connectivity index (χ4n) is 1.07. The van der Waals surface area contributed by atoms with Gasteiger partial charge in [0.25, 0.3) is 0 Å². The zero-order chi connectivity index (χ0) is 6.85. The van der Waals surface area contributed by atoms with Crippen LogP contribution in [0.5, 0.6) is 0 Å². The van der Waals surface area contributed by atoms with Crippen molar-refractivity contribution < 1.29 is 9.90 Å². The molecule has 0 aliphatic carbocycles. The van der Waals surface area contributed by atoms with E-state index in [1.165, 1.54) is 0 Å². The van der Waals surface area contributed by atoms with Crippen LogP contribution in [0.15, 0.2) is 0 Å². The summed E-state index contributed by atoms with van der Waals surface area (Å²) in [6, 6.07) is 0. The summed E-state index contributed by atoms with van der Waals surface area (Å²) < 4.78 is 0. The Morgan fingerprint density at radius 1 is 1.89 bits per heavy atom. The van der Waals surface area contributed by atoms with Crippen molar-refractivity contribution in [1.82, 2.24) is 5.32 Å². The molecule has 0 spiro atoms. The minimum atomic E-state index is -0.595. The van der Waals surface area contributed by atoms with Crippen molar-refractivity contribution in [3.63, 3.8) is 0 Å². The lowest BCUT2D eigenvalue weighted by molar-refractivity contribution is -0.123. The summed E-state index contributed by atoms with van der Waals surface area (Å²) in [7, 11) is 0. The molecule has 1 aliphatic heterocycles. The summed E-state index contributed by atoms with van der Waals surface area (Å²) in [6.07, 6.45) is 0.806. The first-order chi connectivity index (χ1) is 4.24. The van der Waals surface area contributed by atoms with E-state index in [1.807, 2.05) is 6.92 Å². The molecule has 0 aromatic carbocycles. The van der Waals surface area contributed by atoms with Gasteiger partial charge in [-0.05, 0) is 6.42 Å². The number of carbonyl (C=O) groups is 1. The number of nitrogens with one attached hydrogen (secondary N) is 1. The topological polar surface area (TPSA) is 49.3 Å². The summed E-state index contributed by atoms with van der Waals surface area (Å²) in [5.41, 5.74) is 0. The molecule has 1 rings (SSSR count). The highest BCUT2D eigenvalue weighted by molar-refractivity contribution is 5.80. The van der Waals surface area contributed by atoms with E-state index in [-0.39, 0.29) is 11.8 Å². The normalized spacial score (nSPS) is 34.7. The van der Waals surface area contributed by atoms with Crippen LogP contribution in [0, 0.1) is 5.92 Å². The second-order valence-electron chi connectivity index (χ2n) is 2.37. The molecule has 1 heterocycles. The van der Waals surface area contributed by atoms with Crippen molar-refractivity contribution in [2.45, 2.75) is 26.0 Å². The molecule has 0 aromatic rings. The molecule has 3 heteroatoms. The van der Waals surface area contributed by atoms with Crippen LogP contribution in [-0.2, 0) is 4.79 Å². The van der Waals surface area contributed by atoms with E-state index in [4.69, 9.17) is 5.11 Å². The SMILES string of the molecule is CCC1CC(O)NC1=O. The summed E-state index contributed by atoms with van der Waals surface area (Å²) >= 11 is 0. The number of hydrogen-bond donors (Lipinski definition) is 2. The summed E-state index contributed by atoms with van der Waals surface area (Å²) in [6.45, 7) is 1.95. The first kappa shape index (κ1) is 6.55.